The molecule has 0 aliphatic heterocycles. The standard InChI is InChI=1S/C23H25N7O2/c1-24-20(29-30(3)4)15-7-5-6-14(10-15)18-11-16-17(23(32)25-2)12-26-21(19(16)27-18)28-22(31)13-8-9-13/h5-7,10-13,27H,1,8-9H2,2-4H3,(H,25,32)(H,26,28,31)/b29-20-. The maximum absolute atomic E-state index is 12.4. The number of aromatic amines is 1. The van der Waals surface area contributed by atoms with Crippen molar-refractivity contribution in [2.45, 2.75) is 12.8 Å². The van der Waals surface area contributed by atoms with E-state index in [4.69, 9.17) is 0 Å². The van der Waals surface area contributed by atoms with Crippen molar-refractivity contribution in [3.8, 4) is 11.3 Å². The maximum Gasteiger partial charge on any atom is 0.253 e. The Hall–Kier alpha value is -4.01. The molecule has 0 unspecified atom stereocenters. The summed E-state index contributed by atoms with van der Waals surface area (Å²) in [5, 5.41) is 12.2. The second kappa shape index (κ2) is 8.62. The second-order valence-corrected chi connectivity index (χ2v) is 7.84. The Labute approximate surface area is 185 Å². The van der Waals surface area contributed by atoms with E-state index in [2.05, 4.69) is 37.4 Å². The molecule has 0 radical (unpaired) electrons. The first-order valence-electron chi connectivity index (χ1n) is 10.3. The van der Waals surface area contributed by atoms with Crippen molar-refractivity contribution in [3.05, 3.63) is 47.7 Å². The third-order valence-corrected chi connectivity index (χ3v) is 5.21. The number of anilines is 1. The molecule has 0 atom stereocenters. The minimum atomic E-state index is -0.252. The molecule has 2 aromatic heterocycles. The highest BCUT2D eigenvalue weighted by Crippen LogP contribution is 2.33. The van der Waals surface area contributed by atoms with Gasteiger partial charge in [-0.05, 0) is 37.3 Å². The van der Waals surface area contributed by atoms with Gasteiger partial charge in [-0.1, -0.05) is 18.2 Å². The summed E-state index contributed by atoms with van der Waals surface area (Å²) in [5.74, 6) is 0.648. The van der Waals surface area contributed by atoms with Gasteiger partial charge in [0.25, 0.3) is 5.91 Å². The highest BCUT2D eigenvalue weighted by molar-refractivity contribution is 6.11. The molecule has 0 bridgehead atoms. The molecule has 1 fully saturated rings. The van der Waals surface area contributed by atoms with Crippen molar-refractivity contribution in [2.75, 3.05) is 26.5 Å². The predicted molar refractivity (Wildman–Crippen MR) is 126 cm³/mol. The van der Waals surface area contributed by atoms with Crippen LogP contribution in [0.1, 0.15) is 28.8 Å². The monoisotopic (exact) mass is 431 g/mol. The van der Waals surface area contributed by atoms with Crippen LogP contribution >= 0.6 is 0 Å². The van der Waals surface area contributed by atoms with Gasteiger partial charge in [0.15, 0.2) is 11.7 Å². The number of nitrogens with one attached hydrogen (secondary N) is 3. The molecule has 2 heterocycles. The molecule has 0 spiro atoms. The molecule has 1 aromatic carbocycles. The number of carbonyl (C=O) groups is 2. The molecule has 32 heavy (non-hydrogen) atoms. The summed E-state index contributed by atoms with van der Waals surface area (Å²) in [4.78, 5) is 36.5. The van der Waals surface area contributed by atoms with Crippen molar-refractivity contribution in [2.24, 2.45) is 16.0 Å². The number of hydrazone groups is 1. The van der Waals surface area contributed by atoms with E-state index in [0.717, 1.165) is 29.7 Å². The number of rotatable bonds is 6. The van der Waals surface area contributed by atoms with Gasteiger partial charge in [0.2, 0.25) is 5.91 Å². The SMILES string of the molecule is C=N/C(=N\N(C)C)c1cccc(-c2cc3c(C(=O)NC)cnc(NC(=O)C4CC4)c3[nH]2)c1. The second-order valence-electron chi connectivity index (χ2n) is 7.84. The number of amidine groups is 1. The van der Waals surface area contributed by atoms with Gasteiger partial charge in [0, 0.05) is 49.9 Å². The van der Waals surface area contributed by atoms with E-state index in [1.54, 1.807) is 12.1 Å². The van der Waals surface area contributed by atoms with Crippen LogP contribution in [0, 0.1) is 5.92 Å². The maximum atomic E-state index is 12.4. The largest absolute Gasteiger partial charge is 0.355 e. The summed E-state index contributed by atoms with van der Waals surface area (Å²) in [5.41, 5.74) is 3.47. The molecule has 0 saturated heterocycles. The van der Waals surface area contributed by atoms with Gasteiger partial charge in [-0.25, -0.2) is 9.98 Å². The molecule has 1 saturated carbocycles. The number of amides is 2. The van der Waals surface area contributed by atoms with Crippen LogP contribution in [0.15, 0.2) is 46.6 Å². The van der Waals surface area contributed by atoms with Crippen LogP contribution in [0.5, 0.6) is 0 Å². The van der Waals surface area contributed by atoms with Crippen LogP contribution in [0.25, 0.3) is 22.2 Å². The van der Waals surface area contributed by atoms with Gasteiger partial charge in [-0.2, -0.15) is 5.10 Å². The van der Waals surface area contributed by atoms with E-state index in [1.165, 1.54) is 6.20 Å². The molecule has 1 aliphatic carbocycles. The zero-order chi connectivity index (χ0) is 22.8. The van der Waals surface area contributed by atoms with Gasteiger partial charge in [0.1, 0.15) is 0 Å². The molecule has 164 valence electrons. The smallest absolute Gasteiger partial charge is 0.253 e. The van der Waals surface area contributed by atoms with Crippen LogP contribution in [0.4, 0.5) is 5.82 Å². The molecule has 3 aromatic rings. The van der Waals surface area contributed by atoms with Gasteiger partial charge >= 0.3 is 0 Å². The lowest BCUT2D eigenvalue weighted by Crippen LogP contribution is -2.19. The zero-order valence-electron chi connectivity index (χ0n) is 18.3. The Kier molecular flexibility index (Phi) is 5.72. The minimum absolute atomic E-state index is 0.0392. The molecule has 9 heteroatoms. The van der Waals surface area contributed by atoms with E-state index >= 15 is 0 Å². The third-order valence-electron chi connectivity index (χ3n) is 5.21. The van der Waals surface area contributed by atoms with Gasteiger partial charge in [0.05, 0.1) is 11.1 Å². The fourth-order valence-electron chi connectivity index (χ4n) is 3.44. The minimum Gasteiger partial charge on any atom is -0.355 e. The lowest BCUT2D eigenvalue weighted by atomic mass is 10.1. The molecular weight excluding hydrogens is 406 g/mol. The molecule has 2 amide bonds. The number of hydrogen-bond donors (Lipinski definition) is 3. The fourth-order valence-corrected chi connectivity index (χ4v) is 3.44. The summed E-state index contributed by atoms with van der Waals surface area (Å²) < 4.78 is 0. The fraction of sp³-hybridized carbons (Fsp3) is 0.261. The Morgan fingerprint density at radius 3 is 2.69 bits per heavy atom. The first kappa shape index (κ1) is 21.2. The van der Waals surface area contributed by atoms with Crippen LogP contribution in [-0.4, -0.2) is 60.5 Å². The van der Waals surface area contributed by atoms with Crippen molar-refractivity contribution in [3.63, 3.8) is 0 Å². The van der Waals surface area contributed by atoms with Gasteiger partial charge in [-0.15, -0.1) is 0 Å². The van der Waals surface area contributed by atoms with Crippen LogP contribution < -0.4 is 10.6 Å². The quantitative estimate of drug-likeness (QED) is 0.316. The van der Waals surface area contributed by atoms with Crippen LogP contribution in [0.2, 0.25) is 0 Å². The summed E-state index contributed by atoms with van der Waals surface area (Å²) in [7, 11) is 5.21. The Morgan fingerprint density at radius 1 is 1.25 bits per heavy atom. The van der Waals surface area contributed by atoms with Gasteiger partial charge < -0.3 is 20.6 Å². The van der Waals surface area contributed by atoms with Crippen molar-refractivity contribution in [1.82, 2.24) is 20.3 Å². The van der Waals surface area contributed by atoms with Gasteiger partial charge in [-0.3, -0.25) is 9.59 Å². The Bertz CT molecular complexity index is 1240. The summed E-state index contributed by atoms with van der Waals surface area (Å²) in [6, 6.07) is 9.58. The molecule has 9 nitrogen and oxygen atoms in total. The molecule has 4 rings (SSSR count). The lowest BCUT2D eigenvalue weighted by molar-refractivity contribution is -0.117. The van der Waals surface area contributed by atoms with E-state index < -0.39 is 0 Å². The summed E-state index contributed by atoms with van der Waals surface area (Å²) >= 11 is 0. The Morgan fingerprint density at radius 2 is 2.03 bits per heavy atom. The molecular formula is C23H25N7O2. The number of nitrogens with zero attached hydrogens (tertiary/aromatic N) is 4. The lowest BCUT2D eigenvalue weighted by Gasteiger charge is -2.08. The predicted octanol–water partition coefficient (Wildman–Crippen LogP) is 2.86. The van der Waals surface area contributed by atoms with Crippen molar-refractivity contribution < 1.29 is 9.59 Å². The number of H-pyrrole nitrogens is 1. The zero-order valence-corrected chi connectivity index (χ0v) is 18.3. The first-order valence-corrected chi connectivity index (χ1v) is 10.3. The van der Waals surface area contributed by atoms with Crippen molar-refractivity contribution >= 4 is 41.1 Å². The highest BCUT2D eigenvalue weighted by Gasteiger charge is 2.30. The third kappa shape index (κ3) is 4.22. The van der Waals surface area contributed by atoms with Crippen LogP contribution in [0.3, 0.4) is 0 Å². The Balaban J connectivity index is 1.81. The average molecular weight is 432 g/mol. The van der Waals surface area contributed by atoms with Crippen LogP contribution in [-0.2, 0) is 4.79 Å². The highest BCUT2D eigenvalue weighted by atomic mass is 16.2. The number of aliphatic imine (C=N–C) groups is 1. The number of carbonyl (C=O) groups excluding carboxylic acids is 2. The number of pyridine rings is 1. The van der Waals surface area contributed by atoms with Crippen molar-refractivity contribution in [1.29, 1.82) is 0 Å². The van der Waals surface area contributed by atoms with E-state index in [-0.39, 0.29) is 17.7 Å². The van der Waals surface area contributed by atoms with E-state index in [9.17, 15) is 9.59 Å². The van der Waals surface area contributed by atoms with E-state index in [0.29, 0.717) is 28.1 Å². The topological polar surface area (TPSA) is 115 Å². The molecule has 1 aliphatic rings. The summed E-state index contributed by atoms with van der Waals surface area (Å²) in [6.07, 6.45) is 3.27. The number of fused-ring (bicyclic) bond motifs is 1. The summed E-state index contributed by atoms with van der Waals surface area (Å²) in [6.45, 7) is 3.62. The molecule has 3 N–H and O–H groups in total. The number of aromatic nitrogens is 2. The average Bonchev–Trinajstić information content (AvgIpc) is 3.55. The number of hydrogen-bond acceptors (Lipinski definition) is 5. The normalized spacial score (nSPS) is 13.7. The first-order chi connectivity index (χ1) is 15.4. The number of benzene rings is 1. The van der Waals surface area contributed by atoms with E-state index in [1.807, 2.05) is 44.4 Å².